The van der Waals surface area contributed by atoms with E-state index in [1.165, 1.54) is 0 Å². The molecule has 1 aliphatic rings. The highest BCUT2D eigenvalue weighted by Crippen LogP contribution is 2.45. The highest BCUT2D eigenvalue weighted by molar-refractivity contribution is 6.31. The van der Waals surface area contributed by atoms with Crippen LogP contribution in [0.1, 0.15) is 35.2 Å². The highest BCUT2D eigenvalue weighted by Gasteiger charge is 2.40. The minimum atomic E-state index is -3.38. The molecule has 2 amide bonds. The van der Waals surface area contributed by atoms with Gasteiger partial charge in [-0.15, -0.1) is 0 Å². The largest absolute Gasteiger partial charge is 0.345 e. The van der Waals surface area contributed by atoms with Crippen LogP contribution in [0.4, 0.5) is 14.7 Å². The van der Waals surface area contributed by atoms with Gasteiger partial charge in [-0.1, -0.05) is 29.8 Å². The van der Waals surface area contributed by atoms with E-state index in [1.54, 1.807) is 6.07 Å². The quantitative estimate of drug-likeness (QED) is 0.458. The number of aromatic nitrogens is 2. The van der Waals surface area contributed by atoms with E-state index >= 15 is 0 Å². The summed E-state index contributed by atoms with van der Waals surface area (Å²) in [5, 5.41) is 3.72. The summed E-state index contributed by atoms with van der Waals surface area (Å²) in [6, 6.07) is 7.46. The van der Waals surface area contributed by atoms with E-state index in [-0.39, 0.29) is 16.5 Å². The summed E-state index contributed by atoms with van der Waals surface area (Å²) in [7, 11) is 0. The molecule has 0 radical (unpaired) electrons. The third kappa shape index (κ3) is 3.74. The number of rotatable bonds is 5. The zero-order valence-corrected chi connectivity index (χ0v) is 14.8. The lowest BCUT2D eigenvalue weighted by Gasteiger charge is -2.43. The van der Waals surface area contributed by atoms with E-state index in [0.717, 1.165) is 37.2 Å². The lowest BCUT2D eigenvalue weighted by molar-refractivity contribution is -0.140. The van der Waals surface area contributed by atoms with Crippen molar-refractivity contribution in [2.45, 2.75) is 31.2 Å². The van der Waals surface area contributed by atoms with Gasteiger partial charge in [0.15, 0.2) is 0 Å². The van der Waals surface area contributed by atoms with Crippen molar-refractivity contribution in [1.29, 1.82) is 0 Å². The molecule has 3 N–H and O–H groups in total. The molecule has 0 atom stereocenters. The molecule has 1 aromatic heterocycles. The molecule has 0 bridgehead atoms. The number of nitrogens with one attached hydrogen (secondary N) is 1. The smallest absolute Gasteiger partial charge is 0.317 e. The number of halogens is 3. The molecule has 1 aliphatic carbocycles. The van der Waals surface area contributed by atoms with Crippen LogP contribution in [0.25, 0.3) is 0 Å². The average molecular weight is 396 g/mol. The van der Waals surface area contributed by atoms with Crippen molar-refractivity contribution in [3.63, 3.8) is 0 Å². The maximum atomic E-state index is 12.4. The average Bonchev–Trinajstić information content (AvgIpc) is 2.64. The first-order valence-electron chi connectivity index (χ1n) is 8.10. The topological polar surface area (TPSA) is 101 Å². The van der Waals surface area contributed by atoms with Gasteiger partial charge in [0.1, 0.15) is 0 Å². The van der Waals surface area contributed by atoms with Gasteiger partial charge in [0.05, 0.1) is 11.1 Å². The van der Waals surface area contributed by atoms with Gasteiger partial charge in [-0.05, 0) is 30.9 Å². The molecule has 142 valence electrons. The molecule has 0 unspecified atom stereocenters. The van der Waals surface area contributed by atoms with Crippen molar-refractivity contribution >= 4 is 29.4 Å². The van der Waals surface area contributed by atoms with Gasteiger partial charge in [0, 0.05) is 17.4 Å². The van der Waals surface area contributed by atoms with Crippen LogP contribution in [0.5, 0.6) is 0 Å². The van der Waals surface area contributed by atoms with Crippen molar-refractivity contribution in [2.24, 2.45) is 5.84 Å². The standard InChI is InChI=1S/C17H16ClF2N5O2/c18-12-5-2-1-4-11(12)17(6-3-7-17)24-16-22-8-10(9-23-16)14(26)25(21)15(27)13(19)20/h1-2,4-5,8-9,13H,3,6-7,21H2,(H,22,23,24). The van der Waals surface area contributed by atoms with Gasteiger partial charge in [0.2, 0.25) is 5.95 Å². The maximum Gasteiger partial charge on any atom is 0.317 e. The van der Waals surface area contributed by atoms with E-state index in [4.69, 9.17) is 17.4 Å². The molecule has 1 saturated carbocycles. The third-order valence-corrected chi connectivity index (χ3v) is 4.82. The lowest BCUT2D eigenvalue weighted by Crippen LogP contribution is -2.45. The van der Waals surface area contributed by atoms with Gasteiger partial charge >= 0.3 is 12.3 Å². The van der Waals surface area contributed by atoms with Crippen molar-refractivity contribution < 1.29 is 18.4 Å². The number of imide groups is 1. The van der Waals surface area contributed by atoms with Gasteiger partial charge in [-0.25, -0.2) is 20.8 Å². The van der Waals surface area contributed by atoms with Gasteiger partial charge in [0.25, 0.3) is 5.91 Å². The third-order valence-electron chi connectivity index (χ3n) is 4.49. The summed E-state index contributed by atoms with van der Waals surface area (Å²) < 4.78 is 24.7. The number of hydrogen-bond acceptors (Lipinski definition) is 6. The predicted octanol–water partition coefficient (Wildman–Crippen LogP) is 2.73. The molecule has 27 heavy (non-hydrogen) atoms. The van der Waals surface area contributed by atoms with Gasteiger partial charge < -0.3 is 5.32 Å². The van der Waals surface area contributed by atoms with Crippen LogP contribution < -0.4 is 11.2 Å². The monoisotopic (exact) mass is 395 g/mol. The summed E-state index contributed by atoms with van der Waals surface area (Å²) in [6.45, 7) is 0. The maximum absolute atomic E-state index is 12.4. The fraction of sp³-hybridized carbons (Fsp3) is 0.294. The van der Waals surface area contributed by atoms with Crippen molar-refractivity contribution in [1.82, 2.24) is 15.0 Å². The molecular weight excluding hydrogens is 380 g/mol. The zero-order valence-electron chi connectivity index (χ0n) is 14.0. The van der Waals surface area contributed by atoms with Crippen LogP contribution in [-0.4, -0.2) is 33.2 Å². The number of nitrogens with zero attached hydrogens (tertiary/aromatic N) is 3. The lowest BCUT2D eigenvalue weighted by atomic mass is 9.72. The van der Waals surface area contributed by atoms with Crippen LogP contribution in [0.15, 0.2) is 36.7 Å². The number of amides is 2. The first-order chi connectivity index (χ1) is 12.8. The second kappa shape index (κ2) is 7.53. The number of anilines is 1. The normalized spacial score (nSPS) is 15.1. The van der Waals surface area contributed by atoms with E-state index in [9.17, 15) is 18.4 Å². The minimum Gasteiger partial charge on any atom is -0.345 e. The molecule has 7 nitrogen and oxygen atoms in total. The molecule has 3 rings (SSSR count). The Balaban J connectivity index is 1.77. The minimum absolute atomic E-state index is 0.145. The Morgan fingerprint density at radius 3 is 2.37 bits per heavy atom. The molecule has 0 saturated heterocycles. The first kappa shape index (κ1) is 19.1. The van der Waals surface area contributed by atoms with Crippen LogP contribution >= 0.6 is 11.6 Å². The Morgan fingerprint density at radius 1 is 1.22 bits per heavy atom. The highest BCUT2D eigenvalue weighted by atomic mass is 35.5. The number of carbonyl (C=O) groups excluding carboxylic acids is 2. The molecule has 0 spiro atoms. The summed E-state index contributed by atoms with van der Waals surface area (Å²) in [5.74, 6) is 2.46. The Kier molecular flexibility index (Phi) is 5.33. The molecule has 1 heterocycles. The Morgan fingerprint density at radius 2 is 1.85 bits per heavy atom. The van der Waals surface area contributed by atoms with E-state index in [1.807, 2.05) is 18.2 Å². The van der Waals surface area contributed by atoms with Crippen LogP contribution in [0.3, 0.4) is 0 Å². The predicted molar refractivity (Wildman–Crippen MR) is 94.0 cm³/mol. The number of hydrazine groups is 1. The number of nitrogens with two attached hydrogens (primary N) is 1. The SMILES string of the molecule is NN(C(=O)c1cnc(NC2(c3ccccc3Cl)CCC2)nc1)C(=O)C(F)F. The second-order valence-electron chi connectivity index (χ2n) is 6.15. The number of benzene rings is 1. The molecule has 1 fully saturated rings. The van der Waals surface area contributed by atoms with Crippen molar-refractivity contribution in [3.8, 4) is 0 Å². The fourth-order valence-corrected chi connectivity index (χ4v) is 3.22. The molecular formula is C17H16ClF2N5O2. The molecule has 10 heteroatoms. The van der Waals surface area contributed by atoms with E-state index < -0.39 is 23.8 Å². The summed E-state index contributed by atoms with van der Waals surface area (Å²) >= 11 is 6.31. The van der Waals surface area contributed by atoms with E-state index in [0.29, 0.717) is 5.02 Å². The van der Waals surface area contributed by atoms with E-state index in [2.05, 4.69) is 15.3 Å². The fourth-order valence-electron chi connectivity index (χ4n) is 2.90. The summed E-state index contributed by atoms with van der Waals surface area (Å²) in [5.41, 5.74) is 0.338. The number of carbonyl (C=O) groups is 2. The first-order valence-corrected chi connectivity index (χ1v) is 8.48. The van der Waals surface area contributed by atoms with Crippen LogP contribution in [-0.2, 0) is 10.3 Å². The van der Waals surface area contributed by atoms with Gasteiger partial charge in [-0.2, -0.15) is 8.78 Å². The number of alkyl halides is 2. The van der Waals surface area contributed by atoms with Crippen LogP contribution in [0.2, 0.25) is 5.02 Å². The summed E-state index contributed by atoms with van der Waals surface area (Å²) in [6.07, 6.45) is 1.53. The molecule has 1 aromatic carbocycles. The Bertz CT molecular complexity index is 859. The van der Waals surface area contributed by atoms with Crippen molar-refractivity contribution in [3.05, 3.63) is 52.8 Å². The zero-order chi connectivity index (χ0) is 19.6. The summed E-state index contributed by atoms with van der Waals surface area (Å²) in [4.78, 5) is 31.1. The Hall–Kier alpha value is -2.65. The number of hydrogen-bond donors (Lipinski definition) is 2. The Labute approximate surface area is 158 Å². The molecule has 0 aliphatic heterocycles. The van der Waals surface area contributed by atoms with Gasteiger partial charge in [-0.3, -0.25) is 9.59 Å². The molecule has 2 aromatic rings. The second-order valence-corrected chi connectivity index (χ2v) is 6.56. The van der Waals surface area contributed by atoms with Crippen LogP contribution in [0, 0.1) is 0 Å². The van der Waals surface area contributed by atoms with Crippen molar-refractivity contribution in [2.75, 3.05) is 5.32 Å².